The number of ether oxygens (including phenoxy) is 4. The minimum atomic E-state index is -1.25. The van der Waals surface area contributed by atoms with E-state index in [1.807, 2.05) is 0 Å². The molecule has 1 spiro atoms. The van der Waals surface area contributed by atoms with Gasteiger partial charge in [0.15, 0.2) is 0 Å². The second kappa shape index (κ2) is 11.0. The van der Waals surface area contributed by atoms with Gasteiger partial charge >= 0.3 is 6.09 Å². The first-order valence-electron chi connectivity index (χ1n) is 12.5. The van der Waals surface area contributed by atoms with Gasteiger partial charge in [-0.25, -0.2) is 4.79 Å². The second-order valence-corrected chi connectivity index (χ2v) is 10.8. The molecule has 0 aromatic carbocycles. The fourth-order valence-electron chi connectivity index (χ4n) is 5.37. The van der Waals surface area contributed by atoms with E-state index in [4.69, 9.17) is 24.7 Å². The number of carbonyl (C=O) groups is 3. The number of nitrogens with two attached hydrogens (primary N) is 1. The summed E-state index contributed by atoms with van der Waals surface area (Å²) in [7, 11) is 1.59. The lowest BCUT2D eigenvalue weighted by molar-refractivity contribution is -0.130. The Balaban J connectivity index is 1.68. The molecule has 0 aromatic heterocycles. The summed E-state index contributed by atoms with van der Waals surface area (Å²) in [4.78, 5) is 36.9. The highest BCUT2D eigenvalue weighted by Gasteiger charge is 2.72. The lowest BCUT2D eigenvalue weighted by Crippen LogP contribution is -2.58. The van der Waals surface area contributed by atoms with Crippen LogP contribution in [0.15, 0.2) is 11.6 Å². The number of amides is 3. The first-order valence-corrected chi connectivity index (χ1v) is 12.5. The molecule has 4 unspecified atom stereocenters. The molecule has 11 nitrogen and oxygen atoms in total. The Morgan fingerprint density at radius 2 is 1.92 bits per heavy atom. The Morgan fingerprint density at radius 1 is 1.25 bits per heavy atom. The van der Waals surface area contributed by atoms with E-state index in [2.05, 4.69) is 37.5 Å². The Hall–Kier alpha value is -2.21. The van der Waals surface area contributed by atoms with Crippen molar-refractivity contribution < 1.29 is 38.4 Å². The van der Waals surface area contributed by atoms with Gasteiger partial charge < -0.3 is 40.4 Å². The molecular weight excluding hydrogens is 470 g/mol. The number of epoxide rings is 2. The van der Waals surface area contributed by atoms with Crippen LogP contribution < -0.4 is 16.4 Å². The van der Waals surface area contributed by atoms with Crippen LogP contribution in [0.25, 0.3) is 0 Å². The molecule has 36 heavy (non-hydrogen) atoms. The van der Waals surface area contributed by atoms with E-state index < -0.39 is 54.4 Å². The van der Waals surface area contributed by atoms with Crippen LogP contribution >= 0.6 is 0 Å². The molecule has 8 atom stereocenters. The van der Waals surface area contributed by atoms with Gasteiger partial charge in [-0.1, -0.05) is 25.5 Å². The maximum atomic E-state index is 12.9. The molecule has 3 fully saturated rings. The Kier molecular flexibility index (Phi) is 8.70. The average Bonchev–Trinajstić information content (AvgIpc) is 3.72. The number of carbonyl (C=O) groups excluding carboxylic acids is 3. The van der Waals surface area contributed by atoms with Crippen molar-refractivity contribution in [2.45, 2.75) is 95.5 Å². The molecular formula is C25H41N3O8. The highest BCUT2D eigenvalue weighted by molar-refractivity contribution is 5.90. The number of hydrogen-bond donors (Lipinski definition) is 4. The lowest BCUT2D eigenvalue weighted by atomic mass is 9.68. The number of rotatable bonds is 11. The van der Waals surface area contributed by atoms with Crippen LogP contribution in [0, 0.1) is 11.8 Å². The van der Waals surface area contributed by atoms with E-state index >= 15 is 0 Å². The summed E-state index contributed by atoms with van der Waals surface area (Å²) in [5.74, 6) is -1.96. The van der Waals surface area contributed by atoms with E-state index in [9.17, 15) is 19.5 Å². The molecule has 204 valence electrons. The Labute approximate surface area is 212 Å². The van der Waals surface area contributed by atoms with Gasteiger partial charge in [0.05, 0.1) is 25.2 Å². The average molecular weight is 512 g/mol. The molecule has 3 aliphatic rings. The van der Waals surface area contributed by atoms with Crippen molar-refractivity contribution in [1.29, 1.82) is 0 Å². The third-order valence-electron chi connectivity index (χ3n) is 7.56. The van der Waals surface area contributed by atoms with Crippen LogP contribution in [-0.4, -0.2) is 84.9 Å². The van der Waals surface area contributed by atoms with Crippen LogP contribution in [0.5, 0.6) is 0 Å². The number of aliphatic hydroxyl groups excluding tert-OH is 1. The van der Waals surface area contributed by atoms with E-state index in [1.165, 1.54) is 5.57 Å². The van der Waals surface area contributed by atoms with Crippen LogP contribution in [0.3, 0.4) is 0 Å². The van der Waals surface area contributed by atoms with Crippen molar-refractivity contribution in [2.24, 2.45) is 17.6 Å². The first-order chi connectivity index (χ1) is 16.9. The maximum absolute atomic E-state index is 12.9. The number of methoxy groups -OCH3 is 1. The summed E-state index contributed by atoms with van der Waals surface area (Å²) >= 11 is 0. The highest BCUT2D eigenvalue weighted by Crippen LogP contribution is 2.59. The minimum Gasteiger partial charge on any atom is -0.443 e. The molecule has 2 heterocycles. The molecule has 0 bridgehead atoms. The summed E-state index contributed by atoms with van der Waals surface area (Å²) < 4.78 is 23.8. The number of alkyl carbamates (subject to hydrolysis) is 1. The molecule has 1 aliphatic carbocycles. The SMILES string of the molecule is CO[C@H]1C(C2(C)OC2CC=C(C)C)C2(CC[C@H]1OC(=O)N[C@@H](C(=O)N[C@@H](CO)C(N)=O)C(C)C)CO2. The first kappa shape index (κ1) is 28.4. The van der Waals surface area contributed by atoms with Crippen molar-refractivity contribution in [3.8, 4) is 0 Å². The van der Waals surface area contributed by atoms with Crippen LogP contribution in [-0.2, 0) is 28.5 Å². The largest absolute Gasteiger partial charge is 0.443 e. The molecule has 3 amide bonds. The van der Waals surface area contributed by atoms with E-state index in [-0.39, 0.29) is 23.5 Å². The zero-order valence-electron chi connectivity index (χ0n) is 22.0. The molecule has 1 saturated carbocycles. The normalized spacial score (nSPS) is 34.4. The maximum Gasteiger partial charge on any atom is 0.408 e. The van der Waals surface area contributed by atoms with Crippen molar-refractivity contribution in [1.82, 2.24) is 10.6 Å². The number of primary amides is 1. The van der Waals surface area contributed by atoms with Gasteiger partial charge in [-0.05, 0) is 46.0 Å². The van der Waals surface area contributed by atoms with Crippen LogP contribution in [0.2, 0.25) is 0 Å². The summed E-state index contributed by atoms with van der Waals surface area (Å²) in [6, 6.07) is -2.25. The summed E-state index contributed by atoms with van der Waals surface area (Å²) in [6.07, 6.45) is 2.43. The van der Waals surface area contributed by atoms with Gasteiger partial charge in [0.25, 0.3) is 0 Å². The quantitative estimate of drug-likeness (QED) is 0.233. The fraction of sp³-hybridized carbons (Fsp3) is 0.800. The Bertz CT molecular complexity index is 869. The molecule has 5 N–H and O–H groups in total. The summed E-state index contributed by atoms with van der Waals surface area (Å²) in [5.41, 5.74) is 5.60. The molecule has 11 heteroatoms. The van der Waals surface area contributed by atoms with Gasteiger partial charge in [0.1, 0.15) is 35.5 Å². The van der Waals surface area contributed by atoms with Crippen LogP contribution in [0.4, 0.5) is 4.79 Å². The summed E-state index contributed by atoms with van der Waals surface area (Å²) in [6.45, 7) is 9.62. The van der Waals surface area contributed by atoms with Crippen molar-refractivity contribution in [3.05, 3.63) is 11.6 Å². The van der Waals surface area contributed by atoms with Gasteiger partial charge in [0, 0.05) is 7.11 Å². The third-order valence-corrected chi connectivity index (χ3v) is 7.56. The predicted octanol–water partition coefficient (Wildman–Crippen LogP) is 0.776. The number of aliphatic hydroxyl groups is 1. The fourth-order valence-corrected chi connectivity index (χ4v) is 5.37. The van der Waals surface area contributed by atoms with Gasteiger partial charge in [-0.3, -0.25) is 9.59 Å². The topological polar surface area (TPSA) is 165 Å². The standard InChI is InChI=1S/C25H41N3O8/c1-13(2)7-8-17-24(5,36-17)20-19(33-6)16(9-10-25(20)12-34-25)35-23(32)28-18(14(3)4)22(31)27-15(11-29)21(26)30/h7,14-20,29H,8-12H2,1-6H3,(H2,26,30)(H,27,31)(H,28,32)/t15-,16+,17?,18+,19+,20?,24?,25?/m0/s1. The van der Waals surface area contributed by atoms with Crippen molar-refractivity contribution in [3.63, 3.8) is 0 Å². The monoisotopic (exact) mass is 511 g/mol. The van der Waals surface area contributed by atoms with Gasteiger partial charge in [-0.15, -0.1) is 0 Å². The number of nitrogens with one attached hydrogen (secondary N) is 2. The lowest BCUT2D eigenvalue weighted by Gasteiger charge is -2.42. The molecule has 0 aromatic rings. The number of hydrogen-bond acceptors (Lipinski definition) is 8. The van der Waals surface area contributed by atoms with E-state index in [1.54, 1.807) is 21.0 Å². The number of allylic oxidation sites excluding steroid dienone is 1. The molecule has 3 rings (SSSR count). The highest BCUT2D eigenvalue weighted by atomic mass is 16.6. The van der Waals surface area contributed by atoms with Crippen molar-refractivity contribution >= 4 is 17.9 Å². The van der Waals surface area contributed by atoms with E-state index in [0.29, 0.717) is 19.4 Å². The van der Waals surface area contributed by atoms with Gasteiger partial charge in [-0.2, -0.15) is 0 Å². The predicted molar refractivity (Wildman–Crippen MR) is 130 cm³/mol. The minimum absolute atomic E-state index is 0.0300. The second-order valence-electron chi connectivity index (χ2n) is 10.8. The summed E-state index contributed by atoms with van der Waals surface area (Å²) in [5, 5.41) is 14.2. The Morgan fingerprint density at radius 3 is 2.42 bits per heavy atom. The van der Waals surface area contributed by atoms with Crippen molar-refractivity contribution in [2.75, 3.05) is 20.3 Å². The smallest absolute Gasteiger partial charge is 0.408 e. The van der Waals surface area contributed by atoms with Crippen LogP contribution in [0.1, 0.15) is 53.9 Å². The van der Waals surface area contributed by atoms with Gasteiger partial charge in [0.2, 0.25) is 11.8 Å². The van der Waals surface area contributed by atoms with E-state index in [0.717, 1.165) is 6.42 Å². The zero-order valence-corrected chi connectivity index (χ0v) is 22.0. The third kappa shape index (κ3) is 6.01. The molecule has 2 saturated heterocycles. The molecule has 0 radical (unpaired) electrons. The zero-order chi connectivity index (χ0) is 26.8. The molecule has 2 aliphatic heterocycles.